The van der Waals surface area contributed by atoms with Crippen molar-refractivity contribution in [1.82, 2.24) is 14.5 Å². The van der Waals surface area contributed by atoms with Gasteiger partial charge in [0.2, 0.25) is 0 Å². The normalized spacial score (nSPS) is 15.7. The van der Waals surface area contributed by atoms with Gasteiger partial charge < -0.3 is 23.8 Å². The molecular weight excluding hydrogens is 356 g/mol. The van der Waals surface area contributed by atoms with E-state index in [1.165, 1.54) is 0 Å². The first kappa shape index (κ1) is 20.5. The molecule has 7 nitrogen and oxygen atoms in total. The van der Waals surface area contributed by atoms with Crippen molar-refractivity contribution in [3.05, 3.63) is 24.5 Å². The Labute approximate surface area is 167 Å². The summed E-state index contributed by atoms with van der Waals surface area (Å²) in [7, 11) is 0. The molecule has 0 N–H and O–H groups in total. The predicted molar refractivity (Wildman–Crippen MR) is 111 cm³/mol. The Bertz CT molecular complexity index is 797. The molecule has 7 heteroatoms. The molecule has 0 bridgehead atoms. The van der Waals surface area contributed by atoms with Crippen LogP contribution in [0.3, 0.4) is 0 Å². The topological polar surface area (TPSA) is 59.8 Å². The van der Waals surface area contributed by atoms with Crippen LogP contribution < -0.4 is 4.90 Å². The maximum absolute atomic E-state index is 12.4. The van der Waals surface area contributed by atoms with Gasteiger partial charge in [-0.15, -0.1) is 0 Å². The van der Waals surface area contributed by atoms with E-state index >= 15 is 0 Å². The van der Waals surface area contributed by atoms with Crippen molar-refractivity contribution in [2.24, 2.45) is 0 Å². The van der Waals surface area contributed by atoms with Crippen LogP contribution >= 0.6 is 0 Å². The van der Waals surface area contributed by atoms with Crippen LogP contribution in [0, 0.1) is 0 Å². The Kier molecular flexibility index (Phi) is 6.44. The number of carbonyl (C=O) groups excluding carboxylic acids is 1. The fourth-order valence-electron chi connectivity index (χ4n) is 3.34. The van der Waals surface area contributed by atoms with Gasteiger partial charge in [-0.05, 0) is 51.8 Å². The molecule has 154 valence electrons. The van der Waals surface area contributed by atoms with E-state index in [-0.39, 0.29) is 6.09 Å². The number of nitrogens with zero attached hydrogens (tertiary/aromatic N) is 4. The number of anilines is 1. The third kappa shape index (κ3) is 5.16. The lowest BCUT2D eigenvalue weighted by Gasteiger charge is -2.27. The molecule has 0 radical (unpaired) electrons. The molecule has 2 heterocycles. The van der Waals surface area contributed by atoms with E-state index in [9.17, 15) is 4.79 Å². The van der Waals surface area contributed by atoms with Crippen molar-refractivity contribution in [3.8, 4) is 0 Å². The Morgan fingerprint density at radius 3 is 2.75 bits per heavy atom. The molecule has 0 aliphatic carbocycles. The molecule has 3 rings (SSSR count). The molecule has 1 fully saturated rings. The van der Waals surface area contributed by atoms with E-state index < -0.39 is 5.60 Å². The quantitative estimate of drug-likeness (QED) is 0.728. The second-order valence-electron chi connectivity index (χ2n) is 8.23. The standard InChI is InChI=1S/C21H32N4O3/c1-5-13-27-16-25-15-22-18-8-7-17(14-19(18)25)23-9-6-10-24(12-11-23)20(26)28-21(2,3)4/h7-8,14-15H,5-6,9-13,16H2,1-4H3. The maximum atomic E-state index is 12.4. The summed E-state index contributed by atoms with van der Waals surface area (Å²) < 4.78 is 13.2. The van der Waals surface area contributed by atoms with E-state index in [1.807, 2.05) is 36.6 Å². The van der Waals surface area contributed by atoms with Crippen molar-refractivity contribution in [1.29, 1.82) is 0 Å². The SMILES string of the molecule is CCCOCn1cnc2ccc(N3CCCN(C(=O)OC(C)(C)C)CC3)cc21. The summed E-state index contributed by atoms with van der Waals surface area (Å²) >= 11 is 0. The minimum absolute atomic E-state index is 0.226. The number of fused-ring (bicyclic) bond motifs is 1. The van der Waals surface area contributed by atoms with Gasteiger partial charge in [0.1, 0.15) is 12.3 Å². The third-order valence-electron chi connectivity index (χ3n) is 4.70. The van der Waals surface area contributed by atoms with E-state index in [4.69, 9.17) is 9.47 Å². The smallest absolute Gasteiger partial charge is 0.410 e. The van der Waals surface area contributed by atoms with Crippen LogP contribution in [0.1, 0.15) is 40.5 Å². The molecule has 1 saturated heterocycles. The molecule has 1 amide bonds. The minimum Gasteiger partial charge on any atom is -0.444 e. The van der Waals surface area contributed by atoms with Crippen molar-refractivity contribution in [3.63, 3.8) is 0 Å². The van der Waals surface area contributed by atoms with E-state index in [2.05, 4.69) is 35.0 Å². The zero-order chi connectivity index (χ0) is 20.1. The van der Waals surface area contributed by atoms with Crippen LogP contribution in [0.4, 0.5) is 10.5 Å². The van der Waals surface area contributed by atoms with Gasteiger partial charge in [-0.3, -0.25) is 0 Å². The van der Waals surface area contributed by atoms with Gasteiger partial charge in [0.25, 0.3) is 0 Å². The molecule has 0 saturated carbocycles. The number of rotatable bonds is 5. The number of imidazole rings is 1. The van der Waals surface area contributed by atoms with Gasteiger partial charge in [-0.1, -0.05) is 6.92 Å². The van der Waals surface area contributed by atoms with Crippen LogP contribution in [0.15, 0.2) is 24.5 Å². The van der Waals surface area contributed by atoms with Gasteiger partial charge in [0.05, 0.1) is 17.4 Å². The number of benzene rings is 1. The van der Waals surface area contributed by atoms with E-state index in [1.54, 1.807) is 0 Å². The van der Waals surface area contributed by atoms with Gasteiger partial charge in [-0.2, -0.15) is 0 Å². The van der Waals surface area contributed by atoms with E-state index in [0.29, 0.717) is 13.3 Å². The maximum Gasteiger partial charge on any atom is 0.410 e. The van der Waals surface area contributed by atoms with Gasteiger partial charge in [0.15, 0.2) is 0 Å². The van der Waals surface area contributed by atoms with Crippen molar-refractivity contribution in [2.75, 3.05) is 37.7 Å². The van der Waals surface area contributed by atoms with Crippen molar-refractivity contribution < 1.29 is 14.3 Å². The lowest BCUT2D eigenvalue weighted by molar-refractivity contribution is 0.0263. The molecule has 2 aromatic rings. The minimum atomic E-state index is -0.466. The molecule has 1 aliphatic rings. The lowest BCUT2D eigenvalue weighted by atomic mass is 10.2. The van der Waals surface area contributed by atoms with Crippen LogP contribution in [-0.4, -0.2) is 58.9 Å². The zero-order valence-corrected chi connectivity index (χ0v) is 17.5. The molecule has 28 heavy (non-hydrogen) atoms. The van der Waals surface area contributed by atoms with Crippen LogP contribution in [-0.2, 0) is 16.2 Å². The molecular formula is C21H32N4O3. The monoisotopic (exact) mass is 388 g/mol. The Morgan fingerprint density at radius 2 is 2.00 bits per heavy atom. The Morgan fingerprint density at radius 1 is 1.18 bits per heavy atom. The summed E-state index contributed by atoms with van der Waals surface area (Å²) in [6, 6.07) is 6.33. The van der Waals surface area contributed by atoms with Crippen molar-refractivity contribution in [2.45, 2.75) is 52.9 Å². The highest BCUT2D eigenvalue weighted by Gasteiger charge is 2.24. The first-order chi connectivity index (χ1) is 13.4. The number of carbonyl (C=O) groups is 1. The second kappa shape index (κ2) is 8.82. The zero-order valence-electron chi connectivity index (χ0n) is 17.5. The molecule has 1 aliphatic heterocycles. The third-order valence-corrected chi connectivity index (χ3v) is 4.70. The molecule has 0 unspecified atom stereocenters. The molecule has 0 spiro atoms. The fourth-order valence-corrected chi connectivity index (χ4v) is 3.34. The predicted octanol–water partition coefficient (Wildman–Crippen LogP) is 3.87. The average molecular weight is 389 g/mol. The Balaban J connectivity index is 1.68. The van der Waals surface area contributed by atoms with Crippen molar-refractivity contribution >= 4 is 22.8 Å². The fraction of sp³-hybridized carbons (Fsp3) is 0.619. The van der Waals surface area contributed by atoms with Gasteiger partial charge >= 0.3 is 6.09 Å². The first-order valence-corrected chi connectivity index (χ1v) is 10.1. The van der Waals surface area contributed by atoms with E-state index in [0.717, 1.165) is 55.8 Å². The lowest BCUT2D eigenvalue weighted by Crippen LogP contribution is -2.39. The van der Waals surface area contributed by atoms with Crippen LogP contribution in [0.25, 0.3) is 11.0 Å². The molecule has 0 atom stereocenters. The van der Waals surface area contributed by atoms with Crippen LogP contribution in [0.2, 0.25) is 0 Å². The summed E-state index contributed by atoms with van der Waals surface area (Å²) in [6.07, 6.45) is 3.52. The number of hydrogen-bond acceptors (Lipinski definition) is 5. The number of hydrogen-bond donors (Lipinski definition) is 0. The summed E-state index contributed by atoms with van der Waals surface area (Å²) in [5.74, 6) is 0. The second-order valence-corrected chi connectivity index (χ2v) is 8.23. The number of ether oxygens (including phenoxy) is 2. The number of aromatic nitrogens is 2. The summed E-state index contributed by atoms with van der Waals surface area (Å²) in [5, 5.41) is 0. The molecule has 1 aromatic carbocycles. The first-order valence-electron chi connectivity index (χ1n) is 10.1. The highest BCUT2D eigenvalue weighted by atomic mass is 16.6. The van der Waals surface area contributed by atoms with Gasteiger partial charge in [0, 0.05) is 38.5 Å². The number of amides is 1. The van der Waals surface area contributed by atoms with Crippen LogP contribution in [0.5, 0.6) is 0 Å². The summed E-state index contributed by atoms with van der Waals surface area (Å²) in [6.45, 7) is 12.1. The highest BCUT2D eigenvalue weighted by Crippen LogP contribution is 2.23. The molecule has 1 aromatic heterocycles. The summed E-state index contributed by atoms with van der Waals surface area (Å²) in [4.78, 5) is 21.0. The average Bonchev–Trinajstić information content (AvgIpc) is 2.87. The summed E-state index contributed by atoms with van der Waals surface area (Å²) in [5.41, 5.74) is 2.72. The highest BCUT2D eigenvalue weighted by molar-refractivity contribution is 5.80. The van der Waals surface area contributed by atoms with Gasteiger partial charge in [-0.25, -0.2) is 9.78 Å². The largest absolute Gasteiger partial charge is 0.444 e. The Hall–Kier alpha value is -2.28.